The molecule has 0 aromatic heterocycles. The second-order valence-electron chi connectivity index (χ2n) is 5.37. The molecule has 118 valence electrons. The van der Waals surface area contributed by atoms with Crippen LogP contribution < -0.4 is 11.1 Å². The molecule has 1 aliphatic heterocycles. The zero-order valence-corrected chi connectivity index (χ0v) is 13.8. The monoisotopic (exact) mass is 331 g/mol. The summed E-state index contributed by atoms with van der Waals surface area (Å²) >= 11 is 6.06. The molecule has 1 amide bonds. The van der Waals surface area contributed by atoms with Crippen LogP contribution in [0.5, 0.6) is 0 Å². The fourth-order valence-corrected chi connectivity index (χ4v) is 2.77. The van der Waals surface area contributed by atoms with E-state index in [-0.39, 0.29) is 18.3 Å². The predicted molar refractivity (Wildman–Crippen MR) is 90.3 cm³/mol. The van der Waals surface area contributed by atoms with Crippen molar-refractivity contribution in [3.8, 4) is 0 Å². The van der Waals surface area contributed by atoms with Crippen LogP contribution in [-0.2, 0) is 4.79 Å². The standard InChI is InChI=1S/C15H22ClN3O.ClH/c1-11-5-6-12(8-14(11)16)18-15(20)10-19-7-3-2-4-13(19)9-17;/h5-6,8,13H,2-4,7,9-10,17H2,1H3,(H,18,20);1H. The third-order valence-corrected chi connectivity index (χ3v) is 4.23. The Labute approximate surface area is 137 Å². The fraction of sp³-hybridized carbons (Fsp3) is 0.533. The number of hydrogen-bond acceptors (Lipinski definition) is 3. The average Bonchev–Trinajstić information content (AvgIpc) is 2.43. The molecule has 1 unspecified atom stereocenters. The van der Waals surface area contributed by atoms with Gasteiger partial charge < -0.3 is 11.1 Å². The van der Waals surface area contributed by atoms with Gasteiger partial charge in [-0.2, -0.15) is 0 Å². The lowest BCUT2D eigenvalue weighted by molar-refractivity contribution is -0.118. The second-order valence-corrected chi connectivity index (χ2v) is 5.78. The molecule has 1 atom stereocenters. The topological polar surface area (TPSA) is 58.4 Å². The number of carbonyl (C=O) groups is 1. The van der Waals surface area contributed by atoms with E-state index in [1.54, 1.807) is 6.07 Å². The summed E-state index contributed by atoms with van der Waals surface area (Å²) in [7, 11) is 0. The third kappa shape index (κ3) is 5.15. The van der Waals surface area contributed by atoms with Gasteiger partial charge in [-0.1, -0.05) is 24.1 Å². The highest BCUT2D eigenvalue weighted by Gasteiger charge is 2.22. The number of rotatable bonds is 4. The molecule has 4 nitrogen and oxygen atoms in total. The molecule has 2 rings (SSSR count). The zero-order chi connectivity index (χ0) is 14.5. The van der Waals surface area contributed by atoms with Crippen molar-refractivity contribution in [1.29, 1.82) is 0 Å². The van der Waals surface area contributed by atoms with Crippen LogP contribution in [0.1, 0.15) is 24.8 Å². The van der Waals surface area contributed by atoms with E-state index in [0.29, 0.717) is 24.2 Å². The first kappa shape index (κ1) is 18.2. The van der Waals surface area contributed by atoms with Crippen LogP contribution in [0, 0.1) is 6.92 Å². The van der Waals surface area contributed by atoms with Crippen LogP contribution >= 0.6 is 24.0 Å². The van der Waals surface area contributed by atoms with Gasteiger partial charge in [0.2, 0.25) is 5.91 Å². The number of aryl methyl sites for hydroxylation is 1. The lowest BCUT2D eigenvalue weighted by atomic mass is 10.0. The summed E-state index contributed by atoms with van der Waals surface area (Å²) < 4.78 is 0. The molecule has 1 saturated heterocycles. The molecule has 1 aliphatic rings. The first-order chi connectivity index (χ1) is 9.60. The van der Waals surface area contributed by atoms with Crippen LogP contribution in [-0.4, -0.2) is 36.5 Å². The number of nitrogens with two attached hydrogens (primary N) is 1. The maximum atomic E-state index is 12.1. The van der Waals surface area contributed by atoms with Crippen LogP contribution in [0.3, 0.4) is 0 Å². The van der Waals surface area contributed by atoms with Crippen molar-refractivity contribution in [3.05, 3.63) is 28.8 Å². The number of halogens is 2. The van der Waals surface area contributed by atoms with Crippen molar-refractivity contribution in [1.82, 2.24) is 4.90 Å². The number of nitrogens with one attached hydrogen (secondary N) is 1. The number of hydrogen-bond donors (Lipinski definition) is 2. The van der Waals surface area contributed by atoms with Crippen molar-refractivity contribution in [3.63, 3.8) is 0 Å². The minimum absolute atomic E-state index is 0. The highest BCUT2D eigenvalue weighted by molar-refractivity contribution is 6.31. The molecule has 1 heterocycles. The molecule has 6 heteroatoms. The summed E-state index contributed by atoms with van der Waals surface area (Å²) in [6.45, 7) is 3.90. The molecule has 0 radical (unpaired) electrons. The van der Waals surface area contributed by atoms with Gasteiger partial charge in [-0.05, 0) is 44.0 Å². The summed E-state index contributed by atoms with van der Waals surface area (Å²) in [5.74, 6) is -0.00901. The Morgan fingerprint density at radius 2 is 2.24 bits per heavy atom. The molecule has 1 aromatic rings. The van der Waals surface area contributed by atoms with Crippen LogP contribution in [0.15, 0.2) is 18.2 Å². The number of benzene rings is 1. The minimum atomic E-state index is -0.00901. The summed E-state index contributed by atoms with van der Waals surface area (Å²) in [6.07, 6.45) is 3.42. The maximum Gasteiger partial charge on any atom is 0.238 e. The number of nitrogens with zero attached hydrogens (tertiary/aromatic N) is 1. The van der Waals surface area contributed by atoms with E-state index in [1.165, 1.54) is 6.42 Å². The van der Waals surface area contributed by atoms with Gasteiger partial charge >= 0.3 is 0 Å². The van der Waals surface area contributed by atoms with Gasteiger partial charge in [-0.25, -0.2) is 0 Å². The highest BCUT2D eigenvalue weighted by Crippen LogP contribution is 2.20. The fourth-order valence-electron chi connectivity index (χ4n) is 2.59. The summed E-state index contributed by atoms with van der Waals surface area (Å²) in [6, 6.07) is 5.89. The Hall–Kier alpha value is -0.810. The van der Waals surface area contributed by atoms with E-state index in [4.69, 9.17) is 17.3 Å². The lowest BCUT2D eigenvalue weighted by Gasteiger charge is -2.34. The Balaban J connectivity index is 0.00000220. The van der Waals surface area contributed by atoms with E-state index in [0.717, 1.165) is 30.6 Å². The van der Waals surface area contributed by atoms with Crippen molar-refractivity contribution in [2.75, 3.05) is 25.0 Å². The SMILES string of the molecule is Cc1ccc(NC(=O)CN2CCCCC2CN)cc1Cl.Cl. The molecule has 3 N–H and O–H groups in total. The van der Waals surface area contributed by atoms with Gasteiger partial charge in [0, 0.05) is 23.3 Å². The van der Waals surface area contributed by atoms with E-state index in [1.807, 2.05) is 19.1 Å². The highest BCUT2D eigenvalue weighted by atomic mass is 35.5. The Bertz CT molecular complexity index is 482. The lowest BCUT2D eigenvalue weighted by Crippen LogP contribution is -2.47. The van der Waals surface area contributed by atoms with Crippen molar-refractivity contribution in [2.24, 2.45) is 5.73 Å². The number of carbonyl (C=O) groups excluding carboxylic acids is 1. The Morgan fingerprint density at radius 1 is 1.48 bits per heavy atom. The quantitative estimate of drug-likeness (QED) is 0.891. The summed E-state index contributed by atoms with van der Waals surface area (Å²) in [5.41, 5.74) is 7.51. The van der Waals surface area contributed by atoms with Crippen molar-refractivity contribution >= 4 is 35.6 Å². The molecule has 0 aliphatic carbocycles. The smallest absolute Gasteiger partial charge is 0.238 e. The van der Waals surface area contributed by atoms with Gasteiger partial charge in [0.1, 0.15) is 0 Å². The van der Waals surface area contributed by atoms with Crippen LogP contribution in [0.25, 0.3) is 0 Å². The molecule has 0 saturated carbocycles. The largest absolute Gasteiger partial charge is 0.329 e. The number of likely N-dealkylation sites (tertiary alicyclic amines) is 1. The average molecular weight is 332 g/mol. The van der Waals surface area contributed by atoms with Crippen LogP contribution in [0.2, 0.25) is 5.02 Å². The number of anilines is 1. The van der Waals surface area contributed by atoms with E-state index in [2.05, 4.69) is 10.2 Å². The van der Waals surface area contributed by atoms with Crippen molar-refractivity contribution < 1.29 is 4.79 Å². The van der Waals surface area contributed by atoms with E-state index < -0.39 is 0 Å². The van der Waals surface area contributed by atoms with Gasteiger partial charge in [0.05, 0.1) is 6.54 Å². The molecular formula is C15H23Cl2N3O. The number of amides is 1. The molecule has 0 spiro atoms. The van der Waals surface area contributed by atoms with Gasteiger partial charge in [0.25, 0.3) is 0 Å². The molecular weight excluding hydrogens is 309 g/mol. The zero-order valence-electron chi connectivity index (χ0n) is 12.3. The molecule has 0 bridgehead atoms. The normalized spacial score (nSPS) is 18.9. The molecule has 1 fully saturated rings. The summed E-state index contributed by atoms with van der Waals surface area (Å²) in [5, 5.41) is 3.56. The number of piperidine rings is 1. The maximum absolute atomic E-state index is 12.1. The second kappa shape index (κ2) is 8.59. The molecule has 1 aromatic carbocycles. The Morgan fingerprint density at radius 3 is 2.90 bits per heavy atom. The Kier molecular flexibility index (Phi) is 7.46. The van der Waals surface area contributed by atoms with Crippen molar-refractivity contribution in [2.45, 2.75) is 32.2 Å². The van der Waals surface area contributed by atoms with Gasteiger partial charge in [0.15, 0.2) is 0 Å². The predicted octanol–water partition coefficient (Wildman–Crippen LogP) is 2.82. The first-order valence-corrected chi connectivity index (χ1v) is 7.48. The summed E-state index contributed by atoms with van der Waals surface area (Å²) in [4.78, 5) is 14.3. The van der Waals surface area contributed by atoms with Gasteiger partial charge in [-0.15, -0.1) is 12.4 Å². The minimum Gasteiger partial charge on any atom is -0.329 e. The first-order valence-electron chi connectivity index (χ1n) is 7.10. The van der Waals surface area contributed by atoms with Crippen LogP contribution in [0.4, 0.5) is 5.69 Å². The van der Waals surface area contributed by atoms with Gasteiger partial charge in [-0.3, -0.25) is 9.69 Å². The molecule has 21 heavy (non-hydrogen) atoms. The third-order valence-electron chi connectivity index (χ3n) is 3.82. The van der Waals surface area contributed by atoms with E-state index in [9.17, 15) is 4.79 Å². The van der Waals surface area contributed by atoms with E-state index >= 15 is 0 Å².